The van der Waals surface area contributed by atoms with Gasteiger partial charge in [0.2, 0.25) is 0 Å². The van der Waals surface area contributed by atoms with Crippen LogP contribution in [0.3, 0.4) is 0 Å². The number of aryl methyl sites for hydroxylation is 3. The second kappa shape index (κ2) is 10.5. The first-order valence-corrected chi connectivity index (χ1v) is 11.1. The third-order valence-corrected chi connectivity index (χ3v) is 5.62. The van der Waals surface area contributed by atoms with Gasteiger partial charge in [-0.05, 0) is 49.7 Å². The van der Waals surface area contributed by atoms with Crippen LogP contribution in [0.5, 0.6) is 0 Å². The summed E-state index contributed by atoms with van der Waals surface area (Å²) in [4.78, 5) is 27.9. The van der Waals surface area contributed by atoms with Crippen LogP contribution in [0.1, 0.15) is 46.5 Å². The number of allylic oxidation sites excluding steroid dienone is 2. The van der Waals surface area contributed by atoms with Crippen molar-refractivity contribution in [3.05, 3.63) is 100 Å². The van der Waals surface area contributed by atoms with Gasteiger partial charge in [-0.15, -0.1) is 34.9 Å². The van der Waals surface area contributed by atoms with Gasteiger partial charge in [0.15, 0.2) is 11.6 Å². The zero-order valence-electron chi connectivity index (χ0n) is 20.3. The van der Waals surface area contributed by atoms with Crippen LogP contribution in [0.15, 0.2) is 66.4 Å². The summed E-state index contributed by atoms with van der Waals surface area (Å²) in [5.74, 6) is 0.0202. The number of nitrogens with zero attached hydrogens (tertiary/aromatic N) is 1. The van der Waals surface area contributed by atoms with Gasteiger partial charge in [0.25, 0.3) is 0 Å². The van der Waals surface area contributed by atoms with Crippen molar-refractivity contribution in [2.24, 2.45) is 0 Å². The van der Waals surface area contributed by atoms with Gasteiger partial charge in [-0.25, -0.2) is 0 Å². The average Bonchev–Trinajstić information content (AvgIpc) is 2.75. The molecule has 1 aliphatic carbocycles. The van der Waals surface area contributed by atoms with E-state index in [1.807, 2.05) is 31.2 Å². The molecule has 0 atom stereocenters. The second-order valence-electron chi connectivity index (χ2n) is 8.78. The van der Waals surface area contributed by atoms with E-state index < -0.39 is 0 Å². The molecular formula is C30H26IrNO3-. The Morgan fingerprint density at radius 3 is 2.26 bits per heavy atom. The summed E-state index contributed by atoms with van der Waals surface area (Å²) in [6, 6.07) is 21.7. The maximum absolute atomic E-state index is 13.1. The van der Waals surface area contributed by atoms with Gasteiger partial charge in [0, 0.05) is 42.7 Å². The molecule has 1 aliphatic rings. The first-order chi connectivity index (χ1) is 16.1. The van der Waals surface area contributed by atoms with Crippen molar-refractivity contribution in [2.45, 2.75) is 34.6 Å². The molecule has 5 rings (SSSR count). The van der Waals surface area contributed by atoms with Gasteiger partial charge >= 0.3 is 0 Å². The molecule has 0 aliphatic heterocycles. The van der Waals surface area contributed by atoms with Gasteiger partial charge in [-0.3, -0.25) is 14.6 Å². The first kappa shape index (κ1) is 26.2. The maximum Gasteiger partial charge on any atom is 0.194 e. The Labute approximate surface area is 219 Å². The second-order valence-corrected chi connectivity index (χ2v) is 8.78. The van der Waals surface area contributed by atoms with E-state index in [0.29, 0.717) is 0 Å². The minimum Gasteiger partial charge on any atom is -0.512 e. The van der Waals surface area contributed by atoms with E-state index in [1.54, 1.807) is 0 Å². The number of carbonyl (C=O) groups excluding carboxylic acids is 2. The molecule has 4 aromatic rings. The number of pyridine rings is 1. The minimum absolute atomic E-state index is 0. The summed E-state index contributed by atoms with van der Waals surface area (Å²) in [7, 11) is 0. The molecule has 0 saturated carbocycles. The Bertz CT molecular complexity index is 1480. The van der Waals surface area contributed by atoms with Gasteiger partial charge in [-0.1, -0.05) is 49.7 Å². The number of rotatable bonds is 2. The molecule has 1 radical (unpaired) electrons. The molecule has 1 heterocycles. The number of hydrogen-bond acceptors (Lipinski definition) is 4. The molecule has 0 bridgehead atoms. The maximum atomic E-state index is 13.1. The monoisotopic (exact) mass is 641 g/mol. The Morgan fingerprint density at radius 1 is 0.886 bits per heavy atom. The number of aliphatic hydroxyl groups is 1. The van der Waals surface area contributed by atoms with Crippen LogP contribution in [-0.2, 0) is 24.9 Å². The van der Waals surface area contributed by atoms with Crippen molar-refractivity contribution in [3.8, 4) is 22.4 Å². The fraction of sp³-hybridized carbons (Fsp3) is 0.167. The normalized spacial score (nSPS) is 11.8. The smallest absolute Gasteiger partial charge is 0.194 e. The van der Waals surface area contributed by atoms with E-state index in [9.17, 15) is 9.59 Å². The summed E-state index contributed by atoms with van der Waals surface area (Å²) in [5, 5.41) is 9.31. The minimum atomic E-state index is -0.125. The summed E-state index contributed by atoms with van der Waals surface area (Å²) in [6.45, 7) is 9.01. The largest absolute Gasteiger partial charge is 0.512 e. The SMILES string of the molecule is CC(=O)/C=C(/C)O.Cc1[c-]c(-c2cc3c4c(cccc4n2)C(=O)c2cc(C)ccc2-3)cc(C)c1.[Ir]. The molecular weight excluding hydrogens is 615 g/mol. The van der Waals surface area contributed by atoms with Crippen LogP contribution in [0.25, 0.3) is 33.3 Å². The van der Waals surface area contributed by atoms with E-state index in [1.165, 1.54) is 25.5 Å². The number of aromatic nitrogens is 1. The molecule has 35 heavy (non-hydrogen) atoms. The molecule has 4 nitrogen and oxygen atoms in total. The molecule has 0 amide bonds. The fourth-order valence-corrected chi connectivity index (χ4v) is 4.38. The predicted molar refractivity (Wildman–Crippen MR) is 136 cm³/mol. The summed E-state index contributed by atoms with van der Waals surface area (Å²) in [6.07, 6.45) is 1.17. The Kier molecular flexibility index (Phi) is 7.84. The molecule has 1 aromatic heterocycles. The molecule has 0 spiro atoms. The van der Waals surface area contributed by atoms with E-state index in [-0.39, 0.29) is 37.4 Å². The van der Waals surface area contributed by atoms with E-state index >= 15 is 0 Å². The Hall–Kier alpha value is -3.40. The molecule has 179 valence electrons. The number of ketones is 2. The van der Waals surface area contributed by atoms with Crippen LogP contribution >= 0.6 is 0 Å². The van der Waals surface area contributed by atoms with E-state index in [4.69, 9.17) is 10.1 Å². The summed E-state index contributed by atoms with van der Waals surface area (Å²) >= 11 is 0. The van der Waals surface area contributed by atoms with Crippen LogP contribution < -0.4 is 0 Å². The van der Waals surface area contributed by atoms with Crippen LogP contribution in [-0.4, -0.2) is 21.7 Å². The summed E-state index contributed by atoms with van der Waals surface area (Å²) in [5.41, 5.74) is 9.69. The van der Waals surface area contributed by atoms with Crippen molar-refractivity contribution in [2.75, 3.05) is 0 Å². The number of aliphatic hydroxyl groups excluding tert-OH is 1. The third kappa shape index (κ3) is 5.48. The number of carbonyl (C=O) groups is 2. The number of benzene rings is 3. The molecule has 0 unspecified atom stereocenters. The van der Waals surface area contributed by atoms with Crippen molar-refractivity contribution in [1.29, 1.82) is 0 Å². The molecule has 1 N–H and O–H groups in total. The van der Waals surface area contributed by atoms with Gasteiger partial charge in [0.05, 0.1) is 11.3 Å². The Morgan fingerprint density at radius 2 is 1.63 bits per heavy atom. The number of hydrogen-bond donors (Lipinski definition) is 1. The molecule has 5 heteroatoms. The molecule has 0 saturated heterocycles. The average molecular weight is 641 g/mol. The van der Waals surface area contributed by atoms with Crippen LogP contribution in [0, 0.1) is 26.8 Å². The quantitative estimate of drug-likeness (QED) is 0.130. The van der Waals surface area contributed by atoms with Crippen molar-refractivity contribution < 1.29 is 34.8 Å². The summed E-state index contributed by atoms with van der Waals surface area (Å²) < 4.78 is 0. The van der Waals surface area contributed by atoms with Crippen molar-refractivity contribution >= 4 is 22.5 Å². The molecule has 3 aromatic carbocycles. The van der Waals surface area contributed by atoms with E-state index in [2.05, 4.69) is 50.2 Å². The first-order valence-electron chi connectivity index (χ1n) is 11.1. The molecule has 0 fully saturated rings. The third-order valence-electron chi connectivity index (χ3n) is 5.62. The van der Waals surface area contributed by atoms with Gasteiger partial charge < -0.3 is 5.11 Å². The van der Waals surface area contributed by atoms with Crippen LogP contribution in [0.4, 0.5) is 0 Å². The standard InChI is InChI=1S/C25H18NO.C5H8O2.Ir/c1-14-7-8-18-20-13-23(17-10-15(2)9-16(3)11-17)26-22-6-4-5-19(24(20)22)25(27)21(18)12-14;1-4(6)3-5(2)7;/h4-10,12-13H,1-3H3;3,6H,1-2H3;/q-1;;/b;4-3-;. The van der Waals surface area contributed by atoms with Gasteiger partial charge in [0.1, 0.15) is 0 Å². The topological polar surface area (TPSA) is 67.3 Å². The van der Waals surface area contributed by atoms with Crippen LogP contribution in [0.2, 0.25) is 0 Å². The zero-order chi connectivity index (χ0) is 24.6. The fourth-order valence-electron chi connectivity index (χ4n) is 4.38. The van der Waals surface area contributed by atoms with Crippen molar-refractivity contribution in [3.63, 3.8) is 0 Å². The van der Waals surface area contributed by atoms with Crippen molar-refractivity contribution in [1.82, 2.24) is 4.98 Å². The van der Waals surface area contributed by atoms with E-state index in [0.717, 1.165) is 55.5 Å². The number of fused-ring (bicyclic) bond motifs is 2. The Balaban J connectivity index is 0.000000378. The van der Waals surface area contributed by atoms with Gasteiger partial charge in [-0.2, -0.15) is 0 Å². The zero-order valence-corrected chi connectivity index (χ0v) is 22.7. The predicted octanol–water partition coefficient (Wildman–Crippen LogP) is 6.87.